The maximum atomic E-state index is 12.4. The zero-order valence-electron chi connectivity index (χ0n) is 14.4. The quantitative estimate of drug-likeness (QED) is 0.565. The van der Waals surface area contributed by atoms with Crippen molar-refractivity contribution in [3.8, 4) is 0 Å². The zero-order chi connectivity index (χ0) is 18.3. The van der Waals surface area contributed by atoms with Gasteiger partial charge in [-0.2, -0.15) is 0 Å². The Kier molecular flexibility index (Phi) is 4.38. The minimum atomic E-state index is -0.438. The van der Waals surface area contributed by atoms with Gasteiger partial charge in [-0.25, -0.2) is 9.78 Å². The smallest absolute Gasteiger partial charge is 0.327 e. The molecular weight excluding hydrogens is 340 g/mol. The maximum absolute atomic E-state index is 12.4. The average Bonchev–Trinajstić information content (AvgIpc) is 3.00. The molecule has 0 saturated heterocycles. The maximum Gasteiger partial charge on any atom is 0.332 e. The summed E-state index contributed by atoms with van der Waals surface area (Å²) in [7, 11) is 2.97. The van der Waals surface area contributed by atoms with Crippen LogP contribution in [-0.2, 0) is 14.1 Å². The molecule has 0 aliphatic rings. The molecule has 8 heteroatoms. The predicted molar refractivity (Wildman–Crippen MR) is 97.5 cm³/mol. The molecule has 0 saturated carbocycles. The standard InChI is InChI=1S/C17H18N4O3S/c1-9-5-6-11(10(2)7-9)12(22)8-25-16-18-13-14(19-16)20(3)17(24)21(4)15(13)23/h5-7H,8H2,1-4H3,(H,18,19). The Hall–Kier alpha value is -2.61. The van der Waals surface area contributed by atoms with E-state index in [2.05, 4.69) is 9.97 Å². The molecule has 25 heavy (non-hydrogen) atoms. The Morgan fingerprint density at radius 1 is 1.20 bits per heavy atom. The minimum absolute atomic E-state index is 0.00949. The van der Waals surface area contributed by atoms with Gasteiger partial charge in [0, 0.05) is 19.7 Å². The number of aromatic nitrogens is 4. The third-order valence-corrected chi connectivity index (χ3v) is 4.97. The first-order chi connectivity index (χ1) is 11.8. The minimum Gasteiger partial charge on any atom is -0.327 e. The van der Waals surface area contributed by atoms with E-state index in [4.69, 9.17) is 0 Å². The van der Waals surface area contributed by atoms with E-state index in [0.29, 0.717) is 10.7 Å². The van der Waals surface area contributed by atoms with Crippen molar-refractivity contribution in [2.45, 2.75) is 19.0 Å². The van der Waals surface area contributed by atoms with Crippen LogP contribution in [0.15, 0.2) is 32.9 Å². The van der Waals surface area contributed by atoms with E-state index in [1.807, 2.05) is 32.0 Å². The highest BCUT2D eigenvalue weighted by Gasteiger charge is 2.15. The monoisotopic (exact) mass is 358 g/mol. The van der Waals surface area contributed by atoms with Crippen molar-refractivity contribution in [2.75, 3.05) is 5.75 Å². The van der Waals surface area contributed by atoms with Crippen molar-refractivity contribution < 1.29 is 4.79 Å². The molecule has 2 aromatic heterocycles. The molecule has 1 aromatic carbocycles. The highest BCUT2D eigenvalue weighted by molar-refractivity contribution is 7.99. The Balaban J connectivity index is 1.88. The van der Waals surface area contributed by atoms with Gasteiger partial charge in [0.1, 0.15) is 0 Å². The molecule has 0 radical (unpaired) electrons. The van der Waals surface area contributed by atoms with Crippen LogP contribution >= 0.6 is 11.8 Å². The van der Waals surface area contributed by atoms with Crippen LogP contribution in [0.1, 0.15) is 21.5 Å². The topological polar surface area (TPSA) is 89.8 Å². The second-order valence-corrected chi connectivity index (χ2v) is 6.94. The molecular formula is C17H18N4O3S. The van der Waals surface area contributed by atoms with Crippen LogP contribution in [0.3, 0.4) is 0 Å². The van der Waals surface area contributed by atoms with Crippen LogP contribution in [0.25, 0.3) is 11.2 Å². The Labute approximate surface area is 147 Å². The Bertz CT molecular complexity index is 1110. The van der Waals surface area contributed by atoms with Gasteiger partial charge in [-0.1, -0.05) is 35.5 Å². The molecule has 0 fully saturated rings. The zero-order valence-corrected chi connectivity index (χ0v) is 15.2. The molecule has 0 unspecified atom stereocenters. The van der Waals surface area contributed by atoms with E-state index in [9.17, 15) is 14.4 Å². The molecule has 3 rings (SSSR count). The van der Waals surface area contributed by atoms with Crippen LogP contribution < -0.4 is 11.2 Å². The van der Waals surface area contributed by atoms with Gasteiger partial charge in [-0.15, -0.1) is 0 Å². The summed E-state index contributed by atoms with van der Waals surface area (Å²) in [6.45, 7) is 3.89. The van der Waals surface area contributed by atoms with Gasteiger partial charge in [0.25, 0.3) is 5.56 Å². The van der Waals surface area contributed by atoms with Crippen LogP contribution in [0.4, 0.5) is 0 Å². The van der Waals surface area contributed by atoms with Crippen molar-refractivity contribution in [2.24, 2.45) is 14.1 Å². The van der Waals surface area contributed by atoms with Gasteiger partial charge in [0.05, 0.1) is 5.75 Å². The summed E-state index contributed by atoms with van der Waals surface area (Å²) in [5.74, 6) is 0.183. The van der Waals surface area contributed by atoms with Crippen molar-refractivity contribution in [3.05, 3.63) is 55.7 Å². The van der Waals surface area contributed by atoms with Crippen LogP contribution in [0, 0.1) is 13.8 Å². The lowest BCUT2D eigenvalue weighted by Crippen LogP contribution is -2.36. The number of H-pyrrole nitrogens is 1. The third kappa shape index (κ3) is 3.05. The fourth-order valence-corrected chi connectivity index (χ4v) is 3.46. The number of aromatic amines is 1. The lowest BCUT2D eigenvalue weighted by molar-refractivity contribution is 0.102. The number of rotatable bonds is 4. The molecule has 0 aliphatic carbocycles. The van der Waals surface area contributed by atoms with Gasteiger partial charge in [0.2, 0.25) is 0 Å². The first-order valence-electron chi connectivity index (χ1n) is 7.68. The molecule has 0 amide bonds. The summed E-state index contributed by atoms with van der Waals surface area (Å²) in [5, 5.41) is 0.436. The highest BCUT2D eigenvalue weighted by atomic mass is 32.2. The number of Topliss-reactive ketones (excluding diaryl/α,β-unsaturated/α-hetero) is 1. The van der Waals surface area contributed by atoms with E-state index in [-0.39, 0.29) is 22.7 Å². The summed E-state index contributed by atoms with van der Waals surface area (Å²) in [4.78, 5) is 43.7. The third-order valence-electron chi connectivity index (χ3n) is 4.10. The number of carbonyl (C=O) groups excluding carboxylic acids is 1. The number of hydrogen-bond donors (Lipinski definition) is 1. The largest absolute Gasteiger partial charge is 0.332 e. The number of ketones is 1. The first-order valence-corrected chi connectivity index (χ1v) is 8.67. The van der Waals surface area contributed by atoms with Crippen LogP contribution in [0.5, 0.6) is 0 Å². The fraction of sp³-hybridized carbons (Fsp3) is 0.294. The number of aryl methyl sites for hydroxylation is 3. The summed E-state index contributed by atoms with van der Waals surface area (Å²) in [5.41, 5.74) is 2.39. The second-order valence-electron chi connectivity index (χ2n) is 5.98. The molecule has 0 bridgehead atoms. The summed E-state index contributed by atoms with van der Waals surface area (Å²) < 4.78 is 2.33. The van der Waals surface area contributed by atoms with Gasteiger partial charge >= 0.3 is 5.69 Å². The van der Waals surface area contributed by atoms with E-state index in [1.54, 1.807) is 7.05 Å². The average molecular weight is 358 g/mol. The number of benzene rings is 1. The molecule has 0 aliphatic heterocycles. The van der Waals surface area contributed by atoms with Crippen LogP contribution in [0.2, 0.25) is 0 Å². The molecule has 1 N–H and O–H groups in total. The molecule has 2 heterocycles. The number of nitrogens with one attached hydrogen (secondary N) is 1. The molecule has 0 spiro atoms. The van der Waals surface area contributed by atoms with Crippen molar-refractivity contribution in [1.82, 2.24) is 19.1 Å². The lowest BCUT2D eigenvalue weighted by Gasteiger charge is -2.05. The van der Waals surface area contributed by atoms with Crippen molar-refractivity contribution >= 4 is 28.7 Å². The number of hydrogen-bond acceptors (Lipinski definition) is 5. The van der Waals surface area contributed by atoms with E-state index in [1.165, 1.54) is 23.4 Å². The number of fused-ring (bicyclic) bond motifs is 1. The van der Waals surface area contributed by atoms with Gasteiger partial charge in [-0.3, -0.25) is 18.7 Å². The number of carbonyl (C=O) groups is 1. The summed E-state index contributed by atoms with van der Waals surface area (Å²) >= 11 is 1.21. The van der Waals surface area contributed by atoms with Gasteiger partial charge < -0.3 is 4.98 Å². The van der Waals surface area contributed by atoms with Gasteiger partial charge in [-0.05, 0) is 19.4 Å². The molecule has 7 nitrogen and oxygen atoms in total. The second kappa shape index (κ2) is 6.36. The summed E-state index contributed by atoms with van der Waals surface area (Å²) in [6.07, 6.45) is 0. The Morgan fingerprint density at radius 3 is 2.60 bits per heavy atom. The van der Waals surface area contributed by atoms with E-state index < -0.39 is 11.2 Å². The van der Waals surface area contributed by atoms with E-state index >= 15 is 0 Å². The predicted octanol–water partition coefficient (Wildman–Crippen LogP) is 1.55. The van der Waals surface area contributed by atoms with Crippen molar-refractivity contribution in [1.29, 1.82) is 0 Å². The fourth-order valence-electron chi connectivity index (χ4n) is 2.71. The van der Waals surface area contributed by atoms with E-state index in [0.717, 1.165) is 15.7 Å². The number of nitrogens with zero attached hydrogens (tertiary/aromatic N) is 3. The molecule has 0 atom stereocenters. The van der Waals surface area contributed by atoms with Crippen LogP contribution in [-0.4, -0.2) is 30.6 Å². The number of imidazole rings is 1. The van der Waals surface area contributed by atoms with Crippen molar-refractivity contribution in [3.63, 3.8) is 0 Å². The molecule has 3 aromatic rings. The lowest BCUT2D eigenvalue weighted by atomic mass is 10.0. The molecule has 130 valence electrons. The highest BCUT2D eigenvalue weighted by Crippen LogP contribution is 2.19. The number of thioether (sulfide) groups is 1. The Morgan fingerprint density at radius 2 is 1.92 bits per heavy atom. The van der Waals surface area contributed by atoms with Gasteiger partial charge in [0.15, 0.2) is 22.1 Å². The SMILES string of the molecule is Cc1ccc(C(=O)CSc2nc3c([nH]2)c(=O)n(C)c(=O)n3C)c(C)c1. The normalized spacial score (nSPS) is 11.2. The first kappa shape index (κ1) is 17.2. The summed E-state index contributed by atoms with van der Waals surface area (Å²) in [6, 6.07) is 5.70.